The molecule has 2 N–H and O–H groups in total. The van der Waals surface area contributed by atoms with Crippen molar-refractivity contribution in [2.45, 2.75) is 44.6 Å². The zero-order valence-electron chi connectivity index (χ0n) is 13.3. The van der Waals surface area contributed by atoms with Crippen LogP contribution in [-0.4, -0.2) is 31.9 Å². The molecule has 3 rings (SSSR count). The molecule has 0 saturated heterocycles. The molecule has 0 amide bonds. The summed E-state index contributed by atoms with van der Waals surface area (Å²) in [6, 6.07) is 9.83. The first-order chi connectivity index (χ1) is 11.5. The van der Waals surface area contributed by atoms with Crippen LogP contribution in [0.3, 0.4) is 0 Å². The molecule has 0 saturated carbocycles. The number of hydrogen-bond acceptors (Lipinski definition) is 3. The fourth-order valence-electron chi connectivity index (χ4n) is 3.55. The Morgan fingerprint density at radius 2 is 1.92 bits per heavy atom. The van der Waals surface area contributed by atoms with E-state index in [1.165, 1.54) is 0 Å². The van der Waals surface area contributed by atoms with Crippen molar-refractivity contribution in [2.24, 2.45) is 0 Å². The van der Waals surface area contributed by atoms with Crippen LogP contribution >= 0.6 is 0 Å². The van der Waals surface area contributed by atoms with E-state index in [-0.39, 0.29) is 18.9 Å². The fourth-order valence-corrected chi connectivity index (χ4v) is 3.55. The zero-order chi connectivity index (χ0) is 17.1. The molecule has 24 heavy (non-hydrogen) atoms. The maximum Gasteiger partial charge on any atom is 0.325 e. The Labute approximate surface area is 139 Å². The van der Waals surface area contributed by atoms with Gasteiger partial charge in [-0.1, -0.05) is 30.3 Å². The first-order valence-electron chi connectivity index (χ1n) is 8.10. The van der Waals surface area contributed by atoms with E-state index >= 15 is 0 Å². The number of hydrogen-bond donors (Lipinski definition) is 2. The third kappa shape index (κ3) is 3.48. The molecule has 1 heterocycles. The van der Waals surface area contributed by atoms with Crippen LogP contribution in [0.1, 0.15) is 47.7 Å². The normalized spacial score (nSPS) is 16.6. The molecular formula is C18H20N2O4. The van der Waals surface area contributed by atoms with E-state index < -0.39 is 11.9 Å². The van der Waals surface area contributed by atoms with Crippen LogP contribution in [0.25, 0.3) is 0 Å². The lowest BCUT2D eigenvalue weighted by Gasteiger charge is -2.22. The van der Waals surface area contributed by atoms with Crippen molar-refractivity contribution in [1.82, 2.24) is 9.78 Å². The molecule has 1 aromatic heterocycles. The highest BCUT2D eigenvalue weighted by molar-refractivity contribution is 5.69. The molecule has 0 fully saturated rings. The van der Waals surface area contributed by atoms with Crippen molar-refractivity contribution in [3.63, 3.8) is 0 Å². The molecule has 1 aliphatic rings. The minimum atomic E-state index is -0.938. The molecule has 1 unspecified atom stereocenters. The van der Waals surface area contributed by atoms with Gasteiger partial charge in [0.1, 0.15) is 6.54 Å². The lowest BCUT2D eigenvalue weighted by Crippen LogP contribution is -2.18. The van der Waals surface area contributed by atoms with Gasteiger partial charge < -0.3 is 10.2 Å². The predicted octanol–water partition coefficient (Wildman–Crippen LogP) is 2.45. The second kappa shape index (κ2) is 6.86. The molecular weight excluding hydrogens is 308 g/mol. The number of rotatable bonds is 6. The van der Waals surface area contributed by atoms with E-state index in [1.807, 2.05) is 30.3 Å². The van der Waals surface area contributed by atoms with Gasteiger partial charge in [-0.05, 0) is 30.7 Å². The molecule has 126 valence electrons. The van der Waals surface area contributed by atoms with Gasteiger partial charge in [0.2, 0.25) is 0 Å². The van der Waals surface area contributed by atoms with Gasteiger partial charge in [0.05, 0.1) is 12.1 Å². The lowest BCUT2D eigenvalue weighted by atomic mass is 9.82. The summed E-state index contributed by atoms with van der Waals surface area (Å²) in [4.78, 5) is 22.3. The smallest absolute Gasteiger partial charge is 0.325 e. The minimum Gasteiger partial charge on any atom is -0.481 e. The van der Waals surface area contributed by atoms with Gasteiger partial charge in [-0.15, -0.1) is 0 Å². The average molecular weight is 328 g/mol. The Morgan fingerprint density at radius 1 is 1.17 bits per heavy atom. The van der Waals surface area contributed by atoms with E-state index in [1.54, 1.807) is 4.68 Å². The number of benzene rings is 1. The van der Waals surface area contributed by atoms with E-state index in [9.17, 15) is 14.7 Å². The number of carboxylic acids is 2. The van der Waals surface area contributed by atoms with Gasteiger partial charge in [0.25, 0.3) is 0 Å². The Balaban J connectivity index is 2.01. The first kappa shape index (κ1) is 16.2. The van der Waals surface area contributed by atoms with Crippen molar-refractivity contribution >= 4 is 11.9 Å². The predicted molar refractivity (Wildman–Crippen MR) is 87.0 cm³/mol. The van der Waals surface area contributed by atoms with Crippen LogP contribution in [0.15, 0.2) is 30.3 Å². The summed E-state index contributed by atoms with van der Waals surface area (Å²) in [6.45, 7) is -0.184. The number of fused-ring (bicyclic) bond motifs is 1. The maximum atomic E-state index is 11.2. The Bertz CT molecular complexity index is 752. The molecule has 0 radical (unpaired) electrons. The van der Waals surface area contributed by atoms with Gasteiger partial charge in [0, 0.05) is 17.7 Å². The van der Waals surface area contributed by atoms with Crippen molar-refractivity contribution < 1.29 is 19.8 Å². The third-order valence-corrected chi connectivity index (χ3v) is 4.47. The molecule has 1 atom stereocenters. The SMILES string of the molecule is O=C(O)CC1CCCc2c1c(Cc1ccccc1)nn2CC(=O)O. The van der Waals surface area contributed by atoms with Gasteiger partial charge in [-0.25, -0.2) is 0 Å². The second-order valence-corrected chi connectivity index (χ2v) is 6.21. The van der Waals surface area contributed by atoms with Crippen molar-refractivity contribution in [1.29, 1.82) is 0 Å². The highest BCUT2D eigenvalue weighted by Gasteiger charge is 2.30. The molecule has 0 spiro atoms. The highest BCUT2D eigenvalue weighted by atomic mass is 16.4. The topological polar surface area (TPSA) is 92.4 Å². The first-order valence-corrected chi connectivity index (χ1v) is 8.10. The number of aromatic nitrogens is 2. The third-order valence-electron chi connectivity index (χ3n) is 4.47. The largest absolute Gasteiger partial charge is 0.481 e. The Kier molecular flexibility index (Phi) is 4.64. The molecule has 6 heteroatoms. The number of nitrogens with zero attached hydrogens (tertiary/aromatic N) is 2. The van der Waals surface area contributed by atoms with Gasteiger partial charge in [-0.2, -0.15) is 5.10 Å². The monoisotopic (exact) mass is 328 g/mol. The van der Waals surface area contributed by atoms with Crippen LogP contribution in [0.4, 0.5) is 0 Å². The quantitative estimate of drug-likeness (QED) is 0.850. The maximum absolute atomic E-state index is 11.2. The molecule has 1 aliphatic carbocycles. The van der Waals surface area contributed by atoms with Gasteiger partial charge in [0.15, 0.2) is 0 Å². The summed E-state index contributed by atoms with van der Waals surface area (Å²) in [5.74, 6) is -1.86. The van der Waals surface area contributed by atoms with E-state index in [0.29, 0.717) is 6.42 Å². The highest BCUT2D eigenvalue weighted by Crippen LogP contribution is 2.37. The summed E-state index contributed by atoms with van der Waals surface area (Å²) >= 11 is 0. The summed E-state index contributed by atoms with van der Waals surface area (Å²) in [5, 5.41) is 22.9. The van der Waals surface area contributed by atoms with Crippen LogP contribution in [-0.2, 0) is 29.0 Å². The van der Waals surface area contributed by atoms with Crippen molar-refractivity contribution in [3.05, 3.63) is 52.8 Å². The van der Waals surface area contributed by atoms with Crippen LogP contribution < -0.4 is 0 Å². The Morgan fingerprint density at radius 3 is 2.58 bits per heavy atom. The lowest BCUT2D eigenvalue weighted by molar-refractivity contribution is -0.138. The zero-order valence-corrected chi connectivity index (χ0v) is 13.3. The number of carbonyl (C=O) groups is 2. The fraction of sp³-hybridized carbons (Fsp3) is 0.389. The second-order valence-electron chi connectivity index (χ2n) is 6.21. The van der Waals surface area contributed by atoms with Crippen LogP contribution in [0, 0.1) is 0 Å². The summed E-state index contributed by atoms with van der Waals surface area (Å²) < 4.78 is 1.55. The number of aliphatic carboxylic acids is 2. The number of carboxylic acid groups (broad SMARTS) is 2. The average Bonchev–Trinajstić information content (AvgIpc) is 2.86. The minimum absolute atomic E-state index is 0.0631. The van der Waals surface area contributed by atoms with E-state index in [0.717, 1.165) is 41.8 Å². The van der Waals surface area contributed by atoms with Crippen LogP contribution in [0.5, 0.6) is 0 Å². The van der Waals surface area contributed by atoms with E-state index in [4.69, 9.17) is 5.11 Å². The van der Waals surface area contributed by atoms with Crippen molar-refractivity contribution in [3.8, 4) is 0 Å². The Hall–Kier alpha value is -2.63. The van der Waals surface area contributed by atoms with Crippen molar-refractivity contribution in [2.75, 3.05) is 0 Å². The standard InChI is InChI=1S/C18H20N2O4/c21-16(22)10-13-7-4-8-15-18(13)14(19-20(15)11-17(23)24)9-12-5-2-1-3-6-12/h1-3,5-6,13H,4,7-11H2,(H,21,22)(H,23,24). The molecule has 2 aromatic rings. The summed E-state index contributed by atoms with van der Waals surface area (Å²) in [7, 11) is 0. The van der Waals surface area contributed by atoms with Crippen LogP contribution in [0.2, 0.25) is 0 Å². The molecule has 0 bridgehead atoms. The molecule has 0 aliphatic heterocycles. The molecule has 6 nitrogen and oxygen atoms in total. The van der Waals surface area contributed by atoms with E-state index in [2.05, 4.69) is 5.10 Å². The summed E-state index contributed by atoms with van der Waals surface area (Å²) in [6.07, 6.45) is 3.07. The summed E-state index contributed by atoms with van der Waals surface area (Å²) in [5.41, 5.74) is 3.73. The van der Waals surface area contributed by atoms with Gasteiger partial charge in [-0.3, -0.25) is 14.3 Å². The molecule has 1 aromatic carbocycles. The van der Waals surface area contributed by atoms with Gasteiger partial charge >= 0.3 is 11.9 Å².